The van der Waals surface area contributed by atoms with E-state index in [0.717, 1.165) is 22.1 Å². The lowest BCUT2D eigenvalue weighted by atomic mass is 10.1. The molecule has 2 N–H and O–H groups in total. The molecule has 164 valence electrons. The van der Waals surface area contributed by atoms with Gasteiger partial charge in [-0.2, -0.15) is 4.98 Å². The molecule has 3 rings (SSSR count). The van der Waals surface area contributed by atoms with Gasteiger partial charge in [-0.15, -0.1) is 13.2 Å². The number of aryl methyl sites for hydroxylation is 1. The van der Waals surface area contributed by atoms with E-state index in [4.69, 9.17) is 0 Å². The minimum atomic E-state index is -4.76. The topological polar surface area (TPSA) is 59.1 Å². The van der Waals surface area contributed by atoms with Gasteiger partial charge in [-0.05, 0) is 56.2 Å². The first-order valence-corrected chi connectivity index (χ1v) is 10.5. The molecule has 0 bridgehead atoms. The summed E-state index contributed by atoms with van der Waals surface area (Å²) < 4.78 is 42.9. The van der Waals surface area contributed by atoms with Gasteiger partial charge in [-0.3, -0.25) is 0 Å². The average molecular weight is 495 g/mol. The van der Waals surface area contributed by atoms with Crippen LogP contribution in [0.25, 0.3) is 11.3 Å². The van der Waals surface area contributed by atoms with Crippen molar-refractivity contribution in [3.63, 3.8) is 0 Å². The molecule has 3 aromatic rings. The van der Waals surface area contributed by atoms with Crippen molar-refractivity contribution in [2.75, 3.05) is 10.6 Å². The fraction of sp³-hybridized carbons (Fsp3) is 0.273. The first-order chi connectivity index (χ1) is 14.6. The number of aromatic nitrogens is 2. The standard InChI is InChI=1S/C22H22BrF3N4O/c1-4-14(3)27-21-29-19(15-6-5-7-17(11-15)31-22(24,25)26)12-20(30-21)28-16-8-9-18(23)13(2)10-16/h5-12,14H,4H2,1-3H3,(H2,27,28,29,30)/t14-/m1/s1. The maximum Gasteiger partial charge on any atom is 0.573 e. The second kappa shape index (κ2) is 9.55. The van der Waals surface area contributed by atoms with Gasteiger partial charge in [-0.1, -0.05) is 35.0 Å². The van der Waals surface area contributed by atoms with Gasteiger partial charge in [0.25, 0.3) is 0 Å². The zero-order chi connectivity index (χ0) is 22.6. The van der Waals surface area contributed by atoms with Crippen molar-refractivity contribution < 1.29 is 17.9 Å². The summed E-state index contributed by atoms with van der Waals surface area (Å²) in [7, 11) is 0. The Morgan fingerprint density at radius 2 is 1.87 bits per heavy atom. The highest BCUT2D eigenvalue weighted by Gasteiger charge is 2.31. The number of benzene rings is 2. The number of hydrogen-bond acceptors (Lipinski definition) is 5. The molecule has 0 amide bonds. The van der Waals surface area contributed by atoms with Crippen LogP contribution < -0.4 is 15.4 Å². The molecule has 0 fully saturated rings. The molecule has 0 radical (unpaired) electrons. The number of alkyl halides is 3. The van der Waals surface area contributed by atoms with Crippen molar-refractivity contribution in [2.45, 2.75) is 39.6 Å². The van der Waals surface area contributed by atoms with Gasteiger partial charge in [-0.25, -0.2) is 4.98 Å². The van der Waals surface area contributed by atoms with E-state index in [1.807, 2.05) is 39.0 Å². The number of hydrogen-bond donors (Lipinski definition) is 2. The third kappa shape index (κ3) is 6.58. The number of nitrogens with zero attached hydrogens (tertiary/aromatic N) is 2. The summed E-state index contributed by atoms with van der Waals surface area (Å²) in [6.45, 7) is 6.00. The number of rotatable bonds is 7. The molecule has 9 heteroatoms. The molecule has 0 aliphatic carbocycles. The molecule has 0 aliphatic rings. The highest BCUT2D eigenvalue weighted by molar-refractivity contribution is 9.10. The Labute approximate surface area is 187 Å². The van der Waals surface area contributed by atoms with E-state index in [1.165, 1.54) is 18.2 Å². The van der Waals surface area contributed by atoms with Crippen LogP contribution in [0.3, 0.4) is 0 Å². The van der Waals surface area contributed by atoms with Gasteiger partial charge in [0.1, 0.15) is 11.6 Å². The number of halogens is 4. The molecule has 1 heterocycles. The lowest BCUT2D eigenvalue weighted by Crippen LogP contribution is -2.17. The van der Waals surface area contributed by atoms with Crippen LogP contribution >= 0.6 is 15.9 Å². The fourth-order valence-corrected chi connectivity index (χ4v) is 3.02. The van der Waals surface area contributed by atoms with E-state index < -0.39 is 6.36 Å². The quantitative estimate of drug-likeness (QED) is 0.367. The Morgan fingerprint density at radius 3 is 2.55 bits per heavy atom. The molecule has 0 saturated carbocycles. The van der Waals surface area contributed by atoms with Crippen LogP contribution in [-0.4, -0.2) is 22.4 Å². The second-order valence-corrected chi connectivity index (χ2v) is 7.93. The smallest absolute Gasteiger partial charge is 0.406 e. The summed E-state index contributed by atoms with van der Waals surface area (Å²) in [5.74, 6) is 0.586. The van der Waals surface area contributed by atoms with Crippen LogP contribution in [0.2, 0.25) is 0 Å². The summed E-state index contributed by atoms with van der Waals surface area (Å²) in [5.41, 5.74) is 2.82. The first-order valence-electron chi connectivity index (χ1n) is 9.68. The number of anilines is 3. The second-order valence-electron chi connectivity index (χ2n) is 7.08. The molecule has 31 heavy (non-hydrogen) atoms. The summed E-state index contributed by atoms with van der Waals surface area (Å²) in [6, 6.07) is 13.3. The van der Waals surface area contributed by atoms with E-state index >= 15 is 0 Å². The Kier molecular flexibility index (Phi) is 7.04. The van der Waals surface area contributed by atoms with Crippen LogP contribution in [0.1, 0.15) is 25.8 Å². The number of ether oxygens (including phenoxy) is 1. The summed E-state index contributed by atoms with van der Waals surface area (Å²) in [6.07, 6.45) is -3.91. The van der Waals surface area contributed by atoms with E-state index in [1.54, 1.807) is 12.1 Å². The molecular weight excluding hydrogens is 473 g/mol. The van der Waals surface area contributed by atoms with Gasteiger partial charge in [0.2, 0.25) is 5.95 Å². The lowest BCUT2D eigenvalue weighted by molar-refractivity contribution is -0.274. The zero-order valence-corrected chi connectivity index (χ0v) is 18.8. The molecular formula is C22H22BrF3N4O. The predicted molar refractivity (Wildman–Crippen MR) is 120 cm³/mol. The van der Waals surface area contributed by atoms with E-state index in [-0.39, 0.29) is 11.8 Å². The van der Waals surface area contributed by atoms with Crippen LogP contribution in [-0.2, 0) is 0 Å². The van der Waals surface area contributed by atoms with E-state index in [2.05, 4.69) is 41.3 Å². The van der Waals surface area contributed by atoms with Crippen LogP contribution in [0.4, 0.5) is 30.6 Å². The Morgan fingerprint density at radius 1 is 1.10 bits per heavy atom. The molecule has 1 aromatic heterocycles. The van der Waals surface area contributed by atoms with Crippen LogP contribution in [0.15, 0.2) is 53.0 Å². The normalized spacial score (nSPS) is 12.4. The van der Waals surface area contributed by atoms with Crippen molar-refractivity contribution in [2.24, 2.45) is 0 Å². The third-order valence-electron chi connectivity index (χ3n) is 4.51. The third-order valence-corrected chi connectivity index (χ3v) is 5.40. The molecule has 1 atom stereocenters. The van der Waals surface area contributed by atoms with E-state index in [9.17, 15) is 13.2 Å². The first kappa shape index (κ1) is 22.9. The summed E-state index contributed by atoms with van der Waals surface area (Å²) >= 11 is 3.48. The van der Waals surface area contributed by atoms with Crippen molar-refractivity contribution in [3.05, 3.63) is 58.6 Å². The van der Waals surface area contributed by atoms with Gasteiger partial charge >= 0.3 is 6.36 Å². The molecule has 2 aromatic carbocycles. The predicted octanol–water partition coefficient (Wildman–Crippen LogP) is 7.07. The average Bonchev–Trinajstić information content (AvgIpc) is 2.69. The van der Waals surface area contributed by atoms with Crippen molar-refractivity contribution in [1.82, 2.24) is 9.97 Å². The van der Waals surface area contributed by atoms with Crippen molar-refractivity contribution in [1.29, 1.82) is 0 Å². The van der Waals surface area contributed by atoms with Gasteiger partial charge in [0.15, 0.2) is 0 Å². The fourth-order valence-electron chi connectivity index (χ4n) is 2.77. The highest BCUT2D eigenvalue weighted by atomic mass is 79.9. The maximum atomic E-state index is 12.6. The minimum absolute atomic E-state index is 0.123. The van der Waals surface area contributed by atoms with Crippen molar-refractivity contribution >= 4 is 33.4 Å². The van der Waals surface area contributed by atoms with Crippen LogP contribution in [0.5, 0.6) is 5.75 Å². The highest BCUT2D eigenvalue weighted by Crippen LogP contribution is 2.30. The number of nitrogens with one attached hydrogen (secondary N) is 2. The Balaban J connectivity index is 1.99. The Bertz CT molecular complexity index is 1060. The maximum absolute atomic E-state index is 12.6. The van der Waals surface area contributed by atoms with Gasteiger partial charge in [0, 0.05) is 27.8 Å². The molecule has 0 unspecified atom stereocenters. The monoisotopic (exact) mass is 494 g/mol. The molecule has 0 saturated heterocycles. The SMILES string of the molecule is CC[C@@H](C)Nc1nc(Nc2ccc(Br)c(C)c2)cc(-c2cccc(OC(F)(F)F)c2)n1. The van der Waals surface area contributed by atoms with Crippen molar-refractivity contribution in [3.8, 4) is 17.0 Å². The van der Waals surface area contributed by atoms with Gasteiger partial charge in [0.05, 0.1) is 5.69 Å². The minimum Gasteiger partial charge on any atom is -0.406 e. The molecule has 5 nitrogen and oxygen atoms in total. The zero-order valence-electron chi connectivity index (χ0n) is 17.2. The van der Waals surface area contributed by atoms with E-state index in [0.29, 0.717) is 23.0 Å². The summed E-state index contributed by atoms with van der Waals surface area (Å²) in [5, 5.41) is 6.46. The Hall–Kier alpha value is -2.81. The molecule has 0 spiro atoms. The molecule has 0 aliphatic heterocycles. The largest absolute Gasteiger partial charge is 0.573 e. The summed E-state index contributed by atoms with van der Waals surface area (Å²) in [4.78, 5) is 9.02. The van der Waals surface area contributed by atoms with Crippen LogP contribution in [0, 0.1) is 6.92 Å². The van der Waals surface area contributed by atoms with Gasteiger partial charge < -0.3 is 15.4 Å². The lowest BCUT2D eigenvalue weighted by Gasteiger charge is -2.15.